The molecule has 1 aliphatic carbocycles. The van der Waals surface area contributed by atoms with Crippen LogP contribution in [0.1, 0.15) is 41.1 Å². The van der Waals surface area contributed by atoms with Crippen LogP contribution in [-0.4, -0.2) is 57.4 Å². The van der Waals surface area contributed by atoms with Crippen LogP contribution in [0.4, 0.5) is 11.8 Å². The number of hydrogen-bond donors (Lipinski definition) is 1. The molecule has 0 bridgehead atoms. The number of anilines is 2. The Labute approximate surface area is 230 Å². The molecule has 1 fully saturated rings. The SMILES string of the molecule is C=CCNc1nc(N2CCC(N(C)C3c4ccccc4CCc4ccccc43)CC2)nc2c1cnn2CC=C. The maximum Gasteiger partial charge on any atom is 0.229 e. The average molecular weight is 520 g/mol. The molecule has 0 radical (unpaired) electrons. The molecule has 1 N–H and O–H groups in total. The summed E-state index contributed by atoms with van der Waals surface area (Å²) in [6, 6.07) is 18.8. The second-order valence-electron chi connectivity index (χ2n) is 10.6. The summed E-state index contributed by atoms with van der Waals surface area (Å²) in [5.74, 6) is 1.56. The van der Waals surface area contributed by atoms with E-state index in [0.717, 1.165) is 61.6 Å². The summed E-state index contributed by atoms with van der Waals surface area (Å²) >= 11 is 0. The topological polar surface area (TPSA) is 62.1 Å². The van der Waals surface area contributed by atoms with Gasteiger partial charge < -0.3 is 10.2 Å². The first-order valence-electron chi connectivity index (χ1n) is 14.0. The maximum atomic E-state index is 4.97. The minimum atomic E-state index is 0.270. The third-order valence-corrected chi connectivity index (χ3v) is 8.29. The number of allylic oxidation sites excluding steroid dienone is 1. The lowest BCUT2D eigenvalue weighted by Crippen LogP contribution is -2.45. The van der Waals surface area contributed by atoms with Gasteiger partial charge in [0.05, 0.1) is 24.2 Å². The fraction of sp³-hybridized carbons (Fsp3) is 0.344. The third kappa shape index (κ3) is 4.83. The van der Waals surface area contributed by atoms with Gasteiger partial charge in [-0.05, 0) is 55.0 Å². The van der Waals surface area contributed by atoms with Crippen LogP contribution in [0.5, 0.6) is 0 Å². The molecule has 2 aromatic heterocycles. The first-order chi connectivity index (χ1) is 19.2. The van der Waals surface area contributed by atoms with Gasteiger partial charge in [-0.15, -0.1) is 13.2 Å². The molecule has 7 nitrogen and oxygen atoms in total. The number of aryl methyl sites for hydroxylation is 2. The highest BCUT2D eigenvalue weighted by molar-refractivity contribution is 5.87. The van der Waals surface area contributed by atoms with Crippen molar-refractivity contribution < 1.29 is 0 Å². The van der Waals surface area contributed by atoms with Crippen LogP contribution in [0.3, 0.4) is 0 Å². The minimum absolute atomic E-state index is 0.270. The highest BCUT2D eigenvalue weighted by Gasteiger charge is 2.33. The molecule has 0 saturated carbocycles. The molecule has 1 saturated heterocycles. The van der Waals surface area contributed by atoms with Crippen LogP contribution in [-0.2, 0) is 19.4 Å². The van der Waals surface area contributed by atoms with E-state index < -0.39 is 0 Å². The van der Waals surface area contributed by atoms with Crippen LogP contribution in [0.15, 0.2) is 80.0 Å². The number of hydrogen-bond acceptors (Lipinski definition) is 6. The van der Waals surface area contributed by atoms with Crippen molar-refractivity contribution in [1.29, 1.82) is 0 Å². The van der Waals surface area contributed by atoms with Gasteiger partial charge >= 0.3 is 0 Å². The van der Waals surface area contributed by atoms with Gasteiger partial charge in [0.25, 0.3) is 0 Å². The van der Waals surface area contributed by atoms with Gasteiger partial charge in [0.15, 0.2) is 5.65 Å². The van der Waals surface area contributed by atoms with Gasteiger partial charge in [-0.2, -0.15) is 15.1 Å². The lowest BCUT2D eigenvalue weighted by Gasteiger charge is -2.41. The average Bonchev–Trinajstić information content (AvgIpc) is 3.30. The van der Waals surface area contributed by atoms with E-state index in [1.165, 1.54) is 22.3 Å². The zero-order chi connectivity index (χ0) is 26.8. The van der Waals surface area contributed by atoms with Crippen molar-refractivity contribution >= 4 is 22.8 Å². The predicted octanol–water partition coefficient (Wildman–Crippen LogP) is 5.40. The summed E-state index contributed by atoms with van der Waals surface area (Å²) in [5.41, 5.74) is 6.68. The Balaban J connectivity index is 1.26. The fourth-order valence-corrected chi connectivity index (χ4v) is 6.26. The monoisotopic (exact) mass is 519 g/mol. The van der Waals surface area contributed by atoms with Gasteiger partial charge in [-0.3, -0.25) is 4.90 Å². The second-order valence-corrected chi connectivity index (χ2v) is 10.6. The quantitative estimate of drug-likeness (QED) is 0.315. The largest absolute Gasteiger partial charge is 0.366 e. The Kier molecular flexibility index (Phi) is 7.16. The Morgan fingerprint density at radius 2 is 1.62 bits per heavy atom. The van der Waals surface area contributed by atoms with Crippen molar-refractivity contribution in [3.63, 3.8) is 0 Å². The van der Waals surface area contributed by atoms with Crippen LogP contribution in [0, 0.1) is 0 Å². The highest BCUT2D eigenvalue weighted by atomic mass is 15.3. The molecule has 0 atom stereocenters. The lowest BCUT2D eigenvalue weighted by atomic mass is 9.91. The minimum Gasteiger partial charge on any atom is -0.366 e. The Morgan fingerprint density at radius 3 is 2.26 bits per heavy atom. The van der Waals surface area contributed by atoms with Crippen molar-refractivity contribution in [3.05, 3.63) is 102 Å². The van der Waals surface area contributed by atoms with Gasteiger partial charge in [0.2, 0.25) is 5.95 Å². The van der Waals surface area contributed by atoms with Gasteiger partial charge in [-0.25, -0.2) is 4.68 Å². The molecule has 3 heterocycles. The Bertz CT molecular complexity index is 1430. The fourth-order valence-electron chi connectivity index (χ4n) is 6.26. The van der Waals surface area contributed by atoms with E-state index >= 15 is 0 Å². The summed E-state index contributed by atoms with van der Waals surface area (Å²) in [6.45, 7) is 10.8. The van der Waals surface area contributed by atoms with Crippen LogP contribution < -0.4 is 10.2 Å². The van der Waals surface area contributed by atoms with Gasteiger partial charge in [0.1, 0.15) is 5.82 Å². The number of nitrogens with one attached hydrogen (secondary N) is 1. The zero-order valence-corrected chi connectivity index (χ0v) is 22.8. The number of rotatable bonds is 8. The number of benzene rings is 2. The normalized spacial score (nSPS) is 16.1. The van der Waals surface area contributed by atoms with Gasteiger partial charge in [-0.1, -0.05) is 60.7 Å². The number of aromatic nitrogens is 4. The first-order valence-corrected chi connectivity index (χ1v) is 14.0. The van der Waals surface area contributed by atoms with E-state index in [1.807, 2.05) is 23.0 Å². The molecular weight excluding hydrogens is 482 g/mol. The van der Waals surface area contributed by atoms with Crippen LogP contribution >= 0.6 is 0 Å². The molecule has 7 heteroatoms. The molecule has 0 spiro atoms. The van der Waals surface area contributed by atoms with Crippen LogP contribution in [0.25, 0.3) is 11.0 Å². The smallest absolute Gasteiger partial charge is 0.229 e. The molecule has 200 valence electrons. The Morgan fingerprint density at radius 1 is 0.949 bits per heavy atom. The van der Waals surface area contributed by atoms with Crippen molar-refractivity contribution in [2.24, 2.45) is 0 Å². The molecule has 0 amide bonds. The van der Waals surface area contributed by atoms with E-state index in [2.05, 4.69) is 89.0 Å². The number of nitrogens with zero attached hydrogens (tertiary/aromatic N) is 6. The maximum absolute atomic E-state index is 4.97. The lowest BCUT2D eigenvalue weighted by molar-refractivity contribution is 0.169. The molecule has 2 aromatic carbocycles. The Hall–Kier alpha value is -3.97. The molecule has 2 aliphatic rings. The van der Waals surface area contributed by atoms with Gasteiger partial charge in [0, 0.05) is 25.7 Å². The van der Waals surface area contributed by atoms with E-state index in [4.69, 9.17) is 9.97 Å². The van der Waals surface area contributed by atoms with Crippen molar-refractivity contribution in [1.82, 2.24) is 24.6 Å². The molecule has 6 rings (SSSR count). The van der Waals surface area contributed by atoms with Crippen molar-refractivity contribution in [3.8, 4) is 0 Å². The summed E-state index contributed by atoms with van der Waals surface area (Å²) in [5, 5.41) is 8.83. The second kappa shape index (κ2) is 11.0. The standard InChI is InChI=1S/C32H37N7/c1-4-18-33-30-28-22-34-39(19-5-2)31(28)36-32(35-30)38-20-16-25(17-21-38)37(3)29-26-12-8-6-10-23(26)14-15-24-11-7-9-13-27(24)29/h4-13,22,25,29H,1-2,14-21H2,3H3,(H,33,35,36). The highest BCUT2D eigenvalue weighted by Crippen LogP contribution is 2.38. The summed E-state index contributed by atoms with van der Waals surface area (Å²) in [7, 11) is 2.32. The van der Waals surface area contributed by atoms with Crippen molar-refractivity contribution in [2.75, 3.05) is 36.9 Å². The predicted molar refractivity (Wildman–Crippen MR) is 159 cm³/mol. The molecule has 1 aliphatic heterocycles. The molecular formula is C32H37N7. The third-order valence-electron chi connectivity index (χ3n) is 8.29. The zero-order valence-electron chi connectivity index (χ0n) is 22.8. The summed E-state index contributed by atoms with van der Waals surface area (Å²) < 4.78 is 1.88. The van der Waals surface area contributed by atoms with Crippen LogP contribution in [0.2, 0.25) is 0 Å². The molecule has 39 heavy (non-hydrogen) atoms. The van der Waals surface area contributed by atoms with E-state index in [-0.39, 0.29) is 6.04 Å². The van der Waals surface area contributed by atoms with E-state index in [1.54, 1.807) is 0 Å². The first kappa shape index (κ1) is 25.3. The molecule has 0 unspecified atom stereocenters. The number of piperidine rings is 1. The molecule has 4 aromatic rings. The number of fused-ring (bicyclic) bond motifs is 3. The van der Waals surface area contributed by atoms with E-state index in [0.29, 0.717) is 19.1 Å². The van der Waals surface area contributed by atoms with Crippen molar-refractivity contribution in [2.45, 2.75) is 44.3 Å². The van der Waals surface area contributed by atoms with E-state index in [9.17, 15) is 0 Å². The summed E-state index contributed by atoms with van der Waals surface area (Å²) in [4.78, 5) is 14.8. The summed E-state index contributed by atoms with van der Waals surface area (Å²) in [6.07, 6.45) is 9.82.